The first kappa shape index (κ1) is 16.7. The van der Waals surface area contributed by atoms with Gasteiger partial charge in [-0.3, -0.25) is 4.79 Å². The van der Waals surface area contributed by atoms with E-state index in [9.17, 15) is 4.79 Å². The first-order chi connectivity index (χ1) is 11.6. The molecule has 0 unspecified atom stereocenters. The molecule has 2 aromatic rings. The van der Waals surface area contributed by atoms with Gasteiger partial charge >= 0.3 is 0 Å². The number of nitrogens with zero attached hydrogens (tertiary/aromatic N) is 2. The molecule has 3 rings (SSSR count). The Morgan fingerprint density at radius 1 is 1.38 bits per heavy atom. The number of hydrogen-bond donors (Lipinski definition) is 1. The van der Waals surface area contributed by atoms with Gasteiger partial charge in [0.15, 0.2) is 0 Å². The highest BCUT2D eigenvalue weighted by molar-refractivity contribution is 5.89. The van der Waals surface area contributed by atoms with Crippen molar-refractivity contribution in [3.63, 3.8) is 0 Å². The van der Waals surface area contributed by atoms with Crippen LogP contribution in [0.5, 0.6) is 0 Å². The van der Waals surface area contributed by atoms with Gasteiger partial charge in [-0.05, 0) is 37.8 Å². The molecular weight excluding hydrogens is 302 g/mol. The summed E-state index contributed by atoms with van der Waals surface area (Å²) in [4.78, 5) is 12.3. The largest absolute Gasteiger partial charge is 0.381 e. The third-order valence-corrected chi connectivity index (χ3v) is 4.56. The number of amides is 1. The van der Waals surface area contributed by atoms with Crippen molar-refractivity contribution in [2.45, 2.75) is 39.7 Å². The van der Waals surface area contributed by atoms with Gasteiger partial charge in [0.25, 0.3) is 0 Å². The van der Waals surface area contributed by atoms with E-state index in [2.05, 4.69) is 42.5 Å². The van der Waals surface area contributed by atoms with Crippen molar-refractivity contribution in [1.29, 1.82) is 0 Å². The van der Waals surface area contributed by atoms with Gasteiger partial charge in [-0.25, -0.2) is 4.68 Å². The molecule has 0 bridgehead atoms. The van der Waals surface area contributed by atoms with E-state index < -0.39 is 0 Å². The molecule has 1 aliphatic heterocycles. The van der Waals surface area contributed by atoms with Crippen molar-refractivity contribution < 1.29 is 9.53 Å². The minimum absolute atomic E-state index is 0.0272. The van der Waals surface area contributed by atoms with Crippen molar-refractivity contribution in [2.24, 2.45) is 5.92 Å². The fourth-order valence-corrected chi connectivity index (χ4v) is 3.14. The van der Waals surface area contributed by atoms with Crippen LogP contribution in [0.15, 0.2) is 30.5 Å². The van der Waals surface area contributed by atoms with Gasteiger partial charge in [-0.15, -0.1) is 0 Å². The number of aryl methyl sites for hydroxylation is 3. The molecule has 1 N–H and O–H groups in total. The SMILES string of the molecule is Cc1ccc(CCC(=O)Nc2ccnn2C[C@H]2CCOC2)c(C)c1. The molecule has 0 saturated carbocycles. The molecule has 0 spiro atoms. The predicted octanol–water partition coefficient (Wildman–Crippen LogP) is 3.11. The van der Waals surface area contributed by atoms with Gasteiger partial charge < -0.3 is 10.1 Å². The number of rotatable bonds is 6. The van der Waals surface area contributed by atoms with Crippen LogP contribution in [0.2, 0.25) is 0 Å². The lowest BCUT2D eigenvalue weighted by Crippen LogP contribution is -2.19. The molecule has 1 aliphatic rings. The second kappa shape index (κ2) is 7.62. The second-order valence-corrected chi connectivity index (χ2v) is 6.61. The Hall–Kier alpha value is -2.14. The van der Waals surface area contributed by atoms with Crippen molar-refractivity contribution in [3.8, 4) is 0 Å². The zero-order chi connectivity index (χ0) is 16.9. The van der Waals surface area contributed by atoms with Gasteiger partial charge in [0.2, 0.25) is 5.91 Å². The van der Waals surface area contributed by atoms with Crippen molar-refractivity contribution >= 4 is 11.7 Å². The molecule has 0 radical (unpaired) electrons. The highest BCUT2D eigenvalue weighted by Crippen LogP contribution is 2.18. The molecule has 1 amide bonds. The number of hydrogen-bond acceptors (Lipinski definition) is 3. The molecule has 1 fully saturated rings. The van der Waals surface area contributed by atoms with Crippen LogP contribution in [-0.4, -0.2) is 28.9 Å². The van der Waals surface area contributed by atoms with Gasteiger partial charge in [0.05, 0.1) is 12.8 Å². The lowest BCUT2D eigenvalue weighted by atomic mass is 10.0. The van der Waals surface area contributed by atoms with E-state index in [1.54, 1.807) is 6.20 Å². The Kier molecular flexibility index (Phi) is 5.30. The fourth-order valence-electron chi connectivity index (χ4n) is 3.14. The van der Waals surface area contributed by atoms with Crippen LogP contribution < -0.4 is 5.32 Å². The molecule has 128 valence electrons. The van der Waals surface area contributed by atoms with Gasteiger partial charge in [-0.2, -0.15) is 5.10 Å². The molecular formula is C19H25N3O2. The molecule has 24 heavy (non-hydrogen) atoms. The minimum atomic E-state index is 0.0272. The average molecular weight is 327 g/mol. The van der Waals surface area contributed by atoms with Crippen LogP contribution >= 0.6 is 0 Å². The number of nitrogens with one attached hydrogen (secondary N) is 1. The van der Waals surface area contributed by atoms with Gasteiger partial charge in [-0.1, -0.05) is 23.8 Å². The molecule has 2 heterocycles. The summed E-state index contributed by atoms with van der Waals surface area (Å²) in [6, 6.07) is 8.22. The topological polar surface area (TPSA) is 56.2 Å². The number of carbonyl (C=O) groups excluding carboxylic acids is 1. The molecule has 1 aromatic heterocycles. The van der Waals surface area contributed by atoms with Crippen LogP contribution in [0.1, 0.15) is 29.5 Å². The third kappa shape index (κ3) is 4.23. The standard InChI is InChI=1S/C19H25N3O2/c1-14-3-4-17(15(2)11-14)5-6-19(23)21-18-7-9-20-22(18)12-16-8-10-24-13-16/h3-4,7,9,11,16H,5-6,8,10,12-13H2,1-2H3,(H,21,23)/t16-/m1/s1. The third-order valence-electron chi connectivity index (χ3n) is 4.56. The average Bonchev–Trinajstić information content (AvgIpc) is 3.20. The zero-order valence-corrected chi connectivity index (χ0v) is 14.4. The van der Waals surface area contributed by atoms with Crippen LogP contribution in [0.25, 0.3) is 0 Å². The molecule has 1 aromatic carbocycles. The number of benzene rings is 1. The Morgan fingerprint density at radius 3 is 3.00 bits per heavy atom. The summed E-state index contributed by atoms with van der Waals surface area (Å²) in [7, 11) is 0. The quantitative estimate of drug-likeness (QED) is 0.887. The molecule has 1 saturated heterocycles. The second-order valence-electron chi connectivity index (χ2n) is 6.61. The lowest BCUT2D eigenvalue weighted by Gasteiger charge is -2.12. The van der Waals surface area contributed by atoms with E-state index >= 15 is 0 Å². The van der Waals surface area contributed by atoms with E-state index in [0.717, 1.165) is 38.4 Å². The van der Waals surface area contributed by atoms with Crippen LogP contribution in [0.3, 0.4) is 0 Å². The molecule has 0 aliphatic carbocycles. The van der Waals surface area contributed by atoms with Gasteiger partial charge in [0, 0.05) is 31.6 Å². The van der Waals surface area contributed by atoms with Crippen LogP contribution in [0.4, 0.5) is 5.82 Å². The fraction of sp³-hybridized carbons (Fsp3) is 0.474. The van der Waals surface area contributed by atoms with Crippen molar-refractivity contribution in [1.82, 2.24) is 9.78 Å². The monoisotopic (exact) mass is 327 g/mol. The number of carbonyl (C=O) groups is 1. The predicted molar refractivity (Wildman–Crippen MR) is 94.0 cm³/mol. The van der Waals surface area contributed by atoms with E-state index in [1.165, 1.54) is 16.7 Å². The number of anilines is 1. The van der Waals surface area contributed by atoms with Crippen molar-refractivity contribution in [2.75, 3.05) is 18.5 Å². The molecule has 5 heteroatoms. The Labute approximate surface area is 143 Å². The van der Waals surface area contributed by atoms with Crippen molar-refractivity contribution in [3.05, 3.63) is 47.2 Å². The highest BCUT2D eigenvalue weighted by Gasteiger charge is 2.18. The van der Waals surface area contributed by atoms with Gasteiger partial charge in [0.1, 0.15) is 5.82 Å². The summed E-state index contributed by atoms with van der Waals surface area (Å²) in [5.41, 5.74) is 3.72. The summed E-state index contributed by atoms with van der Waals surface area (Å²) in [5, 5.41) is 7.31. The maximum absolute atomic E-state index is 12.3. The number of ether oxygens (including phenoxy) is 1. The molecule has 1 atom stereocenters. The van der Waals surface area contributed by atoms with Crippen LogP contribution in [0, 0.1) is 19.8 Å². The summed E-state index contributed by atoms with van der Waals surface area (Å²) in [5.74, 6) is 1.28. The lowest BCUT2D eigenvalue weighted by molar-refractivity contribution is -0.116. The van der Waals surface area contributed by atoms with E-state index in [0.29, 0.717) is 12.3 Å². The highest BCUT2D eigenvalue weighted by atomic mass is 16.5. The van der Waals surface area contributed by atoms with E-state index in [-0.39, 0.29) is 5.91 Å². The maximum atomic E-state index is 12.3. The minimum Gasteiger partial charge on any atom is -0.381 e. The summed E-state index contributed by atoms with van der Waals surface area (Å²) in [6.07, 6.45) is 4.01. The van der Waals surface area contributed by atoms with Crippen LogP contribution in [-0.2, 0) is 22.5 Å². The first-order valence-electron chi connectivity index (χ1n) is 8.57. The summed E-state index contributed by atoms with van der Waals surface area (Å²) < 4.78 is 7.27. The smallest absolute Gasteiger partial charge is 0.225 e. The normalized spacial score (nSPS) is 17.2. The summed E-state index contributed by atoms with van der Waals surface area (Å²) >= 11 is 0. The Morgan fingerprint density at radius 2 is 2.25 bits per heavy atom. The Bertz CT molecular complexity index is 702. The molecule has 5 nitrogen and oxygen atoms in total. The summed E-state index contributed by atoms with van der Waals surface area (Å²) in [6.45, 7) is 6.57. The van der Waals surface area contributed by atoms with E-state index in [1.807, 2.05) is 10.7 Å². The maximum Gasteiger partial charge on any atom is 0.225 e. The zero-order valence-electron chi connectivity index (χ0n) is 14.4. The Balaban J connectivity index is 1.54. The first-order valence-corrected chi connectivity index (χ1v) is 8.57. The van der Waals surface area contributed by atoms with E-state index in [4.69, 9.17) is 4.74 Å². The number of aromatic nitrogens is 2.